The van der Waals surface area contributed by atoms with Crippen molar-refractivity contribution < 1.29 is 0 Å². The van der Waals surface area contributed by atoms with Crippen LogP contribution in [0.2, 0.25) is 5.15 Å². The van der Waals surface area contributed by atoms with Crippen molar-refractivity contribution in [1.82, 2.24) is 19.9 Å². The maximum absolute atomic E-state index is 6.01. The summed E-state index contributed by atoms with van der Waals surface area (Å²) in [5.74, 6) is 0.885. The minimum atomic E-state index is 0.382. The topological polar surface area (TPSA) is 66.5 Å². The monoisotopic (exact) mass is 247 g/mol. The molecule has 2 aromatic heterocycles. The van der Waals surface area contributed by atoms with Crippen LogP contribution >= 0.6 is 11.6 Å². The van der Waals surface area contributed by atoms with Gasteiger partial charge in [-0.3, -0.25) is 0 Å². The molecule has 0 spiro atoms. The van der Waals surface area contributed by atoms with E-state index < -0.39 is 0 Å². The van der Waals surface area contributed by atoms with Crippen LogP contribution in [0, 0.1) is 5.92 Å². The minimum absolute atomic E-state index is 0.382. The number of allylic oxidation sites excluding steroid dienone is 2. The fraction of sp³-hybridized carbons (Fsp3) is 0.182. The first kappa shape index (κ1) is 10.3. The molecule has 0 radical (unpaired) electrons. The molecule has 1 aliphatic rings. The van der Waals surface area contributed by atoms with E-state index in [1.165, 1.54) is 0 Å². The molecular weight excluding hydrogens is 238 g/mol. The van der Waals surface area contributed by atoms with Gasteiger partial charge in [0.1, 0.15) is 5.52 Å². The van der Waals surface area contributed by atoms with Crippen molar-refractivity contribution in [2.75, 3.05) is 11.9 Å². The Morgan fingerprint density at radius 2 is 2.12 bits per heavy atom. The van der Waals surface area contributed by atoms with E-state index in [4.69, 9.17) is 11.6 Å². The smallest absolute Gasteiger partial charge is 0.226 e. The Bertz CT molecular complexity index is 589. The lowest BCUT2D eigenvalue weighted by atomic mass is 10.2. The normalized spacial score (nSPS) is 14.9. The average Bonchev–Trinajstić information content (AvgIpc) is 2.97. The van der Waals surface area contributed by atoms with Gasteiger partial charge in [0.05, 0.1) is 6.33 Å². The number of H-pyrrole nitrogens is 1. The lowest BCUT2D eigenvalue weighted by Gasteiger charge is -2.07. The van der Waals surface area contributed by atoms with Crippen molar-refractivity contribution in [1.29, 1.82) is 0 Å². The SMILES string of the molecule is Clc1nc(NCC2C=CC=C2)nc2nc[nH]c12. The highest BCUT2D eigenvalue weighted by molar-refractivity contribution is 6.33. The number of anilines is 1. The third kappa shape index (κ3) is 2.01. The van der Waals surface area contributed by atoms with Crippen LogP contribution in [0.1, 0.15) is 0 Å². The molecule has 2 aromatic rings. The Balaban J connectivity index is 1.80. The first-order chi connectivity index (χ1) is 8.33. The van der Waals surface area contributed by atoms with E-state index in [1.54, 1.807) is 6.33 Å². The highest BCUT2D eigenvalue weighted by Gasteiger charge is 2.09. The van der Waals surface area contributed by atoms with Gasteiger partial charge in [-0.1, -0.05) is 35.9 Å². The van der Waals surface area contributed by atoms with Crippen LogP contribution in [0.25, 0.3) is 11.2 Å². The lowest BCUT2D eigenvalue weighted by molar-refractivity contribution is 0.859. The van der Waals surface area contributed by atoms with Crippen LogP contribution in [0.15, 0.2) is 30.6 Å². The molecule has 0 unspecified atom stereocenters. The van der Waals surface area contributed by atoms with Crippen LogP contribution < -0.4 is 5.32 Å². The van der Waals surface area contributed by atoms with Crippen molar-refractivity contribution in [3.63, 3.8) is 0 Å². The number of hydrogen-bond acceptors (Lipinski definition) is 4. The number of fused-ring (bicyclic) bond motifs is 1. The van der Waals surface area contributed by atoms with Crippen LogP contribution in [-0.2, 0) is 0 Å². The van der Waals surface area contributed by atoms with Gasteiger partial charge in [-0.15, -0.1) is 0 Å². The molecule has 0 saturated carbocycles. The first-order valence-electron chi connectivity index (χ1n) is 5.28. The molecule has 0 fully saturated rings. The number of imidazole rings is 1. The third-order valence-corrected chi connectivity index (χ3v) is 2.84. The zero-order valence-electron chi connectivity index (χ0n) is 8.89. The summed E-state index contributed by atoms with van der Waals surface area (Å²) in [6, 6.07) is 0. The number of rotatable bonds is 3. The van der Waals surface area contributed by atoms with Gasteiger partial charge in [0.15, 0.2) is 10.8 Å². The van der Waals surface area contributed by atoms with E-state index in [-0.39, 0.29) is 0 Å². The molecule has 86 valence electrons. The first-order valence-corrected chi connectivity index (χ1v) is 5.66. The highest BCUT2D eigenvalue weighted by Crippen LogP contribution is 2.18. The number of nitrogens with zero attached hydrogens (tertiary/aromatic N) is 3. The number of halogens is 1. The Hall–Kier alpha value is -1.88. The summed E-state index contributed by atoms with van der Waals surface area (Å²) in [4.78, 5) is 15.4. The molecule has 6 heteroatoms. The second-order valence-electron chi connectivity index (χ2n) is 3.75. The van der Waals surface area contributed by atoms with Crippen molar-refractivity contribution in [3.8, 4) is 0 Å². The minimum Gasteiger partial charge on any atom is -0.353 e. The van der Waals surface area contributed by atoms with Gasteiger partial charge in [0.25, 0.3) is 0 Å². The quantitative estimate of drug-likeness (QED) is 0.816. The summed E-state index contributed by atoms with van der Waals surface area (Å²) in [5.41, 5.74) is 1.24. The molecule has 0 saturated heterocycles. The van der Waals surface area contributed by atoms with E-state index >= 15 is 0 Å². The van der Waals surface area contributed by atoms with Crippen LogP contribution in [0.3, 0.4) is 0 Å². The van der Waals surface area contributed by atoms with Gasteiger partial charge < -0.3 is 10.3 Å². The molecule has 2 heterocycles. The predicted molar refractivity (Wildman–Crippen MR) is 67.0 cm³/mol. The largest absolute Gasteiger partial charge is 0.353 e. The van der Waals surface area contributed by atoms with E-state index in [0.29, 0.717) is 28.2 Å². The van der Waals surface area contributed by atoms with Gasteiger partial charge in [-0.2, -0.15) is 9.97 Å². The molecule has 5 nitrogen and oxygen atoms in total. The van der Waals surface area contributed by atoms with Crippen LogP contribution in [-0.4, -0.2) is 26.5 Å². The number of nitrogens with one attached hydrogen (secondary N) is 2. The van der Waals surface area contributed by atoms with Gasteiger partial charge >= 0.3 is 0 Å². The Morgan fingerprint density at radius 3 is 2.94 bits per heavy atom. The summed E-state index contributed by atoms with van der Waals surface area (Å²) in [7, 11) is 0. The van der Waals surface area contributed by atoms with E-state index in [0.717, 1.165) is 6.54 Å². The number of aromatic amines is 1. The fourth-order valence-electron chi connectivity index (χ4n) is 1.70. The van der Waals surface area contributed by atoms with E-state index in [1.807, 2.05) is 12.2 Å². The second kappa shape index (κ2) is 4.18. The zero-order chi connectivity index (χ0) is 11.7. The number of hydrogen-bond donors (Lipinski definition) is 2. The van der Waals surface area contributed by atoms with Gasteiger partial charge in [-0.25, -0.2) is 4.98 Å². The van der Waals surface area contributed by atoms with Crippen molar-refractivity contribution in [2.45, 2.75) is 0 Å². The Kier molecular flexibility index (Phi) is 2.53. The molecule has 0 aromatic carbocycles. The summed E-state index contributed by atoms with van der Waals surface area (Å²) in [5, 5.41) is 3.53. The second-order valence-corrected chi connectivity index (χ2v) is 4.11. The molecular formula is C11H10ClN5. The summed E-state index contributed by atoms with van der Waals surface area (Å²) < 4.78 is 0. The molecule has 0 bridgehead atoms. The summed E-state index contributed by atoms with van der Waals surface area (Å²) in [6.07, 6.45) is 9.83. The molecule has 0 aliphatic heterocycles. The molecule has 17 heavy (non-hydrogen) atoms. The van der Waals surface area contributed by atoms with E-state index in [2.05, 4.69) is 37.4 Å². The van der Waals surface area contributed by atoms with Gasteiger partial charge in [-0.05, 0) is 0 Å². The average molecular weight is 248 g/mol. The fourth-order valence-corrected chi connectivity index (χ4v) is 1.92. The standard InChI is InChI=1S/C11H10ClN5/c12-9-8-10(15-6-14-8)17-11(16-9)13-5-7-3-1-2-4-7/h1-4,6-7H,5H2,(H2,13,14,15,16,17). The zero-order valence-corrected chi connectivity index (χ0v) is 9.65. The van der Waals surface area contributed by atoms with Crippen LogP contribution in [0.5, 0.6) is 0 Å². The predicted octanol–water partition coefficient (Wildman–Crippen LogP) is 2.16. The maximum Gasteiger partial charge on any atom is 0.226 e. The van der Waals surface area contributed by atoms with Crippen molar-refractivity contribution >= 4 is 28.7 Å². The van der Waals surface area contributed by atoms with Gasteiger partial charge in [0.2, 0.25) is 5.95 Å². The third-order valence-electron chi connectivity index (χ3n) is 2.57. The van der Waals surface area contributed by atoms with Gasteiger partial charge in [0, 0.05) is 12.5 Å². The Morgan fingerprint density at radius 1 is 1.29 bits per heavy atom. The molecule has 3 rings (SSSR count). The van der Waals surface area contributed by atoms with Crippen molar-refractivity contribution in [3.05, 3.63) is 35.8 Å². The molecule has 0 amide bonds. The Labute approximate surface area is 103 Å². The lowest BCUT2D eigenvalue weighted by Crippen LogP contribution is -2.11. The van der Waals surface area contributed by atoms with Crippen molar-refractivity contribution in [2.24, 2.45) is 5.92 Å². The molecule has 0 atom stereocenters. The summed E-state index contributed by atoms with van der Waals surface area (Å²) >= 11 is 6.01. The van der Waals surface area contributed by atoms with Crippen LogP contribution in [0.4, 0.5) is 5.95 Å². The highest BCUT2D eigenvalue weighted by atomic mass is 35.5. The molecule has 1 aliphatic carbocycles. The molecule has 2 N–H and O–H groups in total. The van der Waals surface area contributed by atoms with E-state index in [9.17, 15) is 0 Å². The number of aromatic nitrogens is 4. The maximum atomic E-state index is 6.01. The summed E-state index contributed by atoms with van der Waals surface area (Å²) in [6.45, 7) is 0.749.